The molecule has 21 heavy (non-hydrogen) atoms. The molecule has 0 unspecified atom stereocenters. The standard InChI is InChI=1S/C15H13N3O3/c19-14(20)11-1-2-13-12(9-11)17-15(21)18(13)8-5-10-3-6-16-7-4-10/h1-4,6-7,9H,5,8H2,(H,17,21)(H,19,20). The van der Waals surface area contributed by atoms with E-state index in [2.05, 4.69) is 9.97 Å². The third-order valence-electron chi connectivity index (χ3n) is 3.39. The predicted octanol–water partition coefficient (Wildman–Crippen LogP) is 1.67. The molecular formula is C15H13N3O3. The highest BCUT2D eigenvalue weighted by molar-refractivity contribution is 5.92. The number of nitrogens with zero attached hydrogens (tertiary/aromatic N) is 2. The lowest BCUT2D eigenvalue weighted by atomic mass is 10.2. The second-order valence-corrected chi connectivity index (χ2v) is 4.72. The van der Waals surface area contributed by atoms with Gasteiger partial charge in [-0.2, -0.15) is 0 Å². The number of nitrogens with one attached hydrogen (secondary N) is 1. The molecule has 0 saturated heterocycles. The third kappa shape index (κ3) is 2.55. The van der Waals surface area contributed by atoms with Crippen LogP contribution in [0.2, 0.25) is 0 Å². The van der Waals surface area contributed by atoms with Crippen molar-refractivity contribution in [1.82, 2.24) is 14.5 Å². The van der Waals surface area contributed by atoms with Crippen molar-refractivity contribution in [3.8, 4) is 0 Å². The number of H-pyrrole nitrogens is 1. The summed E-state index contributed by atoms with van der Waals surface area (Å²) in [6, 6.07) is 8.44. The molecule has 1 aromatic carbocycles. The van der Waals surface area contributed by atoms with Crippen LogP contribution in [0.25, 0.3) is 11.0 Å². The van der Waals surface area contributed by atoms with Crippen LogP contribution in [0.5, 0.6) is 0 Å². The van der Waals surface area contributed by atoms with E-state index in [1.54, 1.807) is 23.0 Å². The number of hydrogen-bond acceptors (Lipinski definition) is 3. The Morgan fingerprint density at radius 3 is 2.71 bits per heavy atom. The molecule has 0 aliphatic heterocycles. The fourth-order valence-corrected chi connectivity index (χ4v) is 2.31. The molecule has 0 fully saturated rings. The van der Waals surface area contributed by atoms with Crippen molar-refractivity contribution in [2.75, 3.05) is 0 Å². The first kappa shape index (κ1) is 13.1. The largest absolute Gasteiger partial charge is 0.478 e. The van der Waals surface area contributed by atoms with Gasteiger partial charge in [-0.15, -0.1) is 0 Å². The summed E-state index contributed by atoms with van der Waals surface area (Å²) in [6.07, 6.45) is 4.13. The van der Waals surface area contributed by atoms with Gasteiger partial charge in [0.05, 0.1) is 16.6 Å². The van der Waals surface area contributed by atoms with E-state index in [9.17, 15) is 9.59 Å². The van der Waals surface area contributed by atoms with Crippen LogP contribution in [0, 0.1) is 0 Å². The molecule has 2 heterocycles. The van der Waals surface area contributed by atoms with Gasteiger partial charge in [-0.3, -0.25) is 9.55 Å². The van der Waals surface area contributed by atoms with Gasteiger partial charge >= 0.3 is 11.7 Å². The average Bonchev–Trinajstić information content (AvgIpc) is 2.80. The summed E-state index contributed by atoms with van der Waals surface area (Å²) >= 11 is 0. The number of carboxylic acid groups (broad SMARTS) is 1. The number of imidazole rings is 1. The zero-order valence-electron chi connectivity index (χ0n) is 11.1. The van der Waals surface area contributed by atoms with Gasteiger partial charge in [0, 0.05) is 18.9 Å². The van der Waals surface area contributed by atoms with E-state index in [0.717, 1.165) is 5.56 Å². The van der Waals surface area contributed by atoms with E-state index in [0.29, 0.717) is 24.0 Å². The predicted molar refractivity (Wildman–Crippen MR) is 77.5 cm³/mol. The number of aromatic carboxylic acids is 1. The van der Waals surface area contributed by atoms with Crippen molar-refractivity contribution >= 4 is 17.0 Å². The first-order chi connectivity index (χ1) is 10.1. The Balaban J connectivity index is 1.93. The Morgan fingerprint density at radius 1 is 1.24 bits per heavy atom. The second-order valence-electron chi connectivity index (χ2n) is 4.72. The molecular weight excluding hydrogens is 270 g/mol. The van der Waals surface area contributed by atoms with Gasteiger partial charge in [0.15, 0.2) is 0 Å². The van der Waals surface area contributed by atoms with Gasteiger partial charge in [-0.25, -0.2) is 9.59 Å². The summed E-state index contributed by atoms with van der Waals surface area (Å²) in [7, 11) is 0. The van der Waals surface area contributed by atoms with Crippen LogP contribution in [0.3, 0.4) is 0 Å². The molecule has 2 aromatic heterocycles. The SMILES string of the molecule is O=C(O)c1ccc2c(c1)[nH]c(=O)n2CCc1ccncc1. The van der Waals surface area contributed by atoms with E-state index in [4.69, 9.17) is 5.11 Å². The van der Waals surface area contributed by atoms with Gasteiger partial charge in [0.2, 0.25) is 0 Å². The number of hydrogen-bond donors (Lipinski definition) is 2. The van der Waals surface area contributed by atoms with Crippen LogP contribution >= 0.6 is 0 Å². The molecule has 0 bridgehead atoms. The number of aromatic amines is 1. The average molecular weight is 283 g/mol. The number of rotatable bonds is 4. The van der Waals surface area contributed by atoms with Gasteiger partial charge in [0.1, 0.15) is 0 Å². The van der Waals surface area contributed by atoms with Crippen molar-refractivity contribution in [3.05, 3.63) is 64.3 Å². The molecule has 2 N–H and O–H groups in total. The molecule has 0 aliphatic carbocycles. The fourth-order valence-electron chi connectivity index (χ4n) is 2.31. The van der Waals surface area contributed by atoms with Gasteiger partial charge in [0.25, 0.3) is 0 Å². The number of carbonyl (C=O) groups is 1. The monoisotopic (exact) mass is 283 g/mol. The van der Waals surface area contributed by atoms with E-state index < -0.39 is 5.97 Å². The maximum Gasteiger partial charge on any atom is 0.335 e. The Morgan fingerprint density at radius 2 is 2.00 bits per heavy atom. The molecule has 6 heteroatoms. The Labute approximate surface area is 119 Å². The minimum Gasteiger partial charge on any atom is -0.478 e. The molecule has 0 aliphatic rings. The topological polar surface area (TPSA) is 88.0 Å². The Bertz CT molecular complexity index is 849. The quantitative estimate of drug-likeness (QED) is 0.762. The molecule has 6 nitrogen and oxygen atoms in total. The smallest absolute Gasteiger partial charge is 0.335 e. The molecule has 0 saturated carbocycles. The second kappa shape index (κ2) is 5.24. The maximum absolute atomic E-state index is 12.0. The van der Waals surface area contributed by atoms with E-state index in [-0.39, 0.29) is 11.3 Å². The molecule has 3 aromatic rings. The molecule has 106 valence electrons. The van der Waals surface area contributed by atoms with Crippen LogP contribution < -0.4 is 5.69 Å². The van der Waals surface area contributed by atoms with Crippen molar-refractivity contribution in [2.45, 2.75) is 13.0 Å². The van der Waals surface area contributed by atoms with Gasteiger partial charge < -0.3 is 10.1 Å². The summed E-state index contributed by atoms with van der Waals surface area (Å²) in [5, 5.41) is 8.97. The van der Waals surface area contributed by atoms with Gasteiger partial charge in [-0.1, -0.05) is 0 Å². The lowest BCUT2D eigenvalue weighted by molar-refractivity contribution is 0.0697. The van der Waals surface area contributed by atoms with Crippen molar-refractivity contribution < 1.29 is 9.90 Å². The summed E-state index contributed by atoms with van der Waals surface area (Å²) in [5.74, 6) is -1.01. The van der Waals surface area contributed by atoms with Gasteiger partial charge in [-0.05, 0) is 42.3 Å². The molecule has 0 atom stereocenters. The molecule has 0 amide bonds. The zero-order chi connectivity index (χ0) is 14.8. The van der Waals surface area contributed by atoms with Crippen LogP contribution in [0.4, 0.5) is 0 Å². The molecule has 0 spiro atoms. The van der Waals surface area contributed by atoms with Crippen LogP contribution in [-0.4, -0.2) is 25.6 Å². The third-order valence-corrected chi connectivity index (χ3v) is 3.39. The van der Waals surface area contributed by atoms with Crippen molar-refractivity contribution in [1.29, 1.82) is 0 Å². The lowest BCUT2D eigenvalue weighted by Gasteiger charge is -2.04. The summed E-state index contributed by atoms with van der Waals surface area (Å²) in [6.45, 7) is 0.523. The highest BCUT2D eigenvalue weighted by Crippen LogP contribution is 2.13. The highest BCUT2D eigenvalue weighted by Gasteiger charge is 2.10. The van der Waals surface area contributed by atoms with E-state index in [1.807, 2.05) is 12.1 Å². The number of aryl methyl sites for hydroxylation is 2. The number of pyridine rings is 1. The van der Waals surface area contributed by atoms with Crippen LogP contribution in [0.1, 0.15) is 15.9 Å². The minimum atomic E-state index is -1.01. The Hall–Kier alpha value is -2.89. The minimum absolute atomic E-state index is 0.157. The highest BCUT2D eigenvalue weighted by atomic mass is 16.4. The summed E-state index contributed by atoms with van der Waals surface area (Å²) < 4.78 is 1.61. The first-order valence-electron chi connectivity index (χ1n) is 6.50. The van der Waals surface area contributed by atoms with E-state index in [1.165, 1.54) is 12.1 Å². The summed E-state index contributed by atoms with van der Waals surface area (Å²) in [5.41, 5.74) is 2.26. The fraction of sp³-hybridized carbons (Fsp3) is 0.133. The zero-order valence-corrected chi connectivity index (χ0v) is 11.1. The Kier molecular flexibility index (Phi) is 3.27. The lowest BCUT2D eigenvalue weighted by Crippen LogP contribution is -2.17. The maximum atomic E-state index is 12.0. The van der Waals surface area contributed by atoms with Crippen molar-refractivity contribution in [2.24, 2.45) is 0 Å². The van der Waals surface area contributed by atoms with E-state index >= 15 is 0 Å². The van der Waals surface area contributed by atoms with Crippen LogP contribution in [0.15, 0.2) is 47.5 Å². The van der Waals surface area contributed by atoms with Crippen LogP contribution in [-0.2, 0) is 13.0 Å². The summed E-state index contributed by atoms with van der Waals surface area (Å²) in [4.78, 5) is 29.6. The van der Waals surface area contributed by atoms with Crippen molar-refractivity contribution in [3.63, 3.8) is 0 Å². The normalized spacial score (nSPS) is 10.9. The first-order valence-corrected chi connectivity index (χ1v) is 6.50. The molecule has 0 radical (unpaired) electrons. The number of aromatic nitrogens is 3. The number of fused-ring (bicyclic) bond motifs is 1. The molecule has 3 rings (SSSR count). The number of benzene rings is 1. The number of carboxylic acids is 1.